The minimum atomic E-state index is 0.152. The fourth-order valence-corrected chi connectivity index (χ4v) is 3.86. The third kappa shape index (κ3) is 4.15. The van der Waals surface area contributed by atoms with Gasteiger partial charge in [-0.3, -0.25) is 9.98 Å². The van der Waals surface area contributed by atoms with Crippen LogP contribution >= 0.6 is 0 Å². The third-order valence-corrected chi connectivity index (χ3v) is 6.09. The number of piperazine rings is 1. The van der Waals surface area contributed by atoms with Crippen molar-refractivity contribution in [1.29, 1.82) is 0 Å². The lowest BCUT2D eigenvalue weighted by atomic mass is 9.82. The topological polar surface area (TPSA) is 87.7 Å². The van der Waals surface area contributed by atoms with Gasteiger partial charge in [-0.25, -0.2) is 4.98 Å². The monoisotopic (exact) mass is 392 g/mol. The number of carbonyl (C=O) groups is 1. The molecule has 1 aliphatic carbocycles. The fourth-order valence-electron chi connectivity index (χ4n) is 3.86. The number of rotatable bonds is 5. The standard InChI is InChI=1S/C22H28N6O/c1-15-13-28(6-5-27(15)2)19-3-4-20-21(9-19)26-22(12-25-20)17(10-23)11-24-18-7-16(8-18)14-29/h3-4,9-12,14-16,18H,5-8,13,23H2,1-2H3/t15-,16?,18?/m1/s1. The summed E-state index contributed by atoms with van der Waals surface area (Å²) in [5.41, 5.74) is 10.2. The SMILES string of the molecule is C[C@@H]1CN(c2ccc3ncc(C(C=NC4CC(C=O)C4)=CN)nc3c2)CCN1C. The molecule has 2 N–H and O–H groups in total. The number of anilines is 1. The van der Waals surface area contributed by atoms with E-state index in [1.165, 1.54) is 11.9 Å². The normalized spacial score (nSPS) is 26.1. The second-order valence-electron chi connectivity index (χ2n) is 8.13. The van der Waals surface area contributed by atoms with Crippen molar-refractivity contribution in [1.82, 2.24) is 14.9 Å². The van der Waals surface area contributed by atoms with Crippen LogP contribution in [0.1, 0.15) is 25.5 Å². The number of aldehydes is 1. The third-order valence-electron chi connectivity index (χ3n) is 6.09. The average Bonchev–Trinajstić information content (AvgIpc) is 2.71. The van der Waals surface area contributed by atoms with Crippen molar-refractivity contribution in [3.63, 3.8) is 0 Å². The van der Waals surface area contributed by atoms with Crippen molar-refractivity contribution >= 4 is 34.8 Å². The van der Waals surface area contributed by atoms with E-state index < -0.39 is 0 Å². The van der Waals surface area contributed by atoms with Gasteiger partial charge in [0.1, 0.15) is 6.29 Å². The molecule has 1 aromatic carbocycles. The first kappa shape index (κ1) is 19.5. The number of hydrogen-bond acceptors (Lipinski definition) is 7. The molecule has 0 bridgehead atoms. The van der Waals surface area contributed by atoms with Gasteiger partial charge >= 0.3 is 0 Å². The van der Waals surface area contributed by atoms with Crippen LogP contribution in [-0.4, -0.2) is 66.1 Å². The summed E-state index contributed by atoms with van der Waals surface area (Å²) >= 11 is 0. The molecule has 2 fully saturated rings. The van der Waals surface area contributed by atoms with Crippen molar-refractivity contribution in [2.75, 3.05) is 31.6 Å². The van der Waals surface area contributed by atoms with Crippen LogP contribution in [0, 0.1) is 5.92 Å². The van der Waals surface area contributed by atoms with E-state index in [1.54, 1.807) is 12.4 Å². The van der Waals surface area contributed by atoms with Gasteiger partial charge in [0.2, 0.25) is 0 Å². The van der Waals surface area contributed by atoms with Crippen LogP contribution in [0.3, 0.4) is 0 Å². The van der Waals surface area contributed by atoms with Gasteiger partial charge in [-0.15, -0.1) is 0 Å². The molecule has 0 amide bonds. The second kappa shape index (κ2) is 8.29. The number of aromatic nitrogens is 2. The Morgan fingerprint density at radius 2 is 2.10 bits per heavy atom. The van der Waals surface area contributed by atoms with Gasteiger partial charge in [-0.2, -0.15) is 0 Å². The molecule has 29 heavy (non-hydrogen) atoms. The van der Waals surface area contributed by atoms with Crippen molar-refractivity contribution in [2.45, 2.75) is 31.8 Å². The molecular formula is C22H28N6O. The number of aliphatic imine (C=N–C) groups is 1. The Bertz CT molecular complexity index is 949. The number of allylic oxidation sites excluding steroid dienone is 1. The maximum absolute atomic E-state index is 10.7. The van der Waals surface area contributed by atoms with Gasteiger partial charge in [0.05, 0.1) is 29.0 Å². The molecule has 2 aliphatic rings. The Morgan fingerprint density at radius 3 is 2.83 bits per heavy atom. The molecule has 7 heteroatoms. The van der Waals surface area contributed by atoms with Crippen molar-refractivity contribution < 1.29 is 4.79 Å². The lowest BCUT2D eigenvalue weighted by Gasteiger charge is -2.39. The summed E-state index contributed by atoms with van der Waals surface area (Å²) in [6, 6.07) is 6.97. The van der Waals surface area contributed by atoms with Gasteiger partial charge in [-0.05, 0) is 45.0 Å². The van der Waals surface area contributed by atoms with Crippen LogP contribution in [-0.2, 0) is 4.79 Å². The minimum Gasteiger partial charge on any atom is -0.404 e. The molecule has 1 saturated heterocycles. The summed E-state index contributed by atoms with van der Waals surface area (Å²) in [4.78, 5) is 29.4. The van der Waals surface area contributed by atoms with Crippen LogP contribution in [0.2, 0.25) is 0 Å². The lowest BCUT2D eigenvalue weighted by Crippen LogP contribution is -2.50. The number of hydrogen-bond donors (Lipinski definition) is 1. The van der Waals surface area contributed by atoms with Crippen molar-refractivity contribution in [3.8, 4) is 0 Å². The van der Waals surface area contributed by atoms with E-state index in [0.29, 0.717) is 11.7 Å². The Kier molecular flexibility index (Phi) is 5.58. The molecule has 0 radical (unpaired) electrons. The highest BCUT2D eigenvalue weighted by Gasteiger charge is 2.27. The smallest absolute Gasteiger partial charge is 0.123 e. The highest BCUT2D eigenvalue weighted by Crippen LogP contribution is 2.28. The van der Waals surface area contributed by atoms with E-state index in [1.807, 2.05) is 6.07 Å². The van der Waals surface area contributed by atoms with Crippen LogP contribution in [0.5, 0.6) is 0 Å². The Hall–Kier alpha value is -2.80. The molecule has 152 valence electrons. The molecule has 2 aromatic rings. The number of likely N-dealkylation sites (N-methyl/N-ethyl adjacent to an activating group) is 1. The summed E-state index contributed by atoms with van der Waals surface area (Å²) in [5, 5.41) is 0. The number of nitrogens with zero attached hydrogens (tertiary/aromatic N) is 5. The summed E-state index contributed by atoms with van der Waals surface area (Å²) in [5.74, 6) is 0.152. The molecule has 1 aromatic heterocycles. The molecule has 4 rings (SSSR count). The first-order chi connectivity index (χ1) is 14.1. The molecule has 0 spiro atoms. The highest BCUT2D eigenvalue weighted by atomic mass is 16.1. The minimum absolute atomic E-state index is 0.152. The van der Waals surface area contributed by atoms with Gasteiger partial charge in [0.25, 0.3) is 0 Å². The van der Waals surface area contributed by atoms with Crippen molar-refractivity contribution in [2.24, 2.45) is 16.6 Å². The average molecular weight is 393 g/mol. The van der Waals surface area contributed by atoms with Gasteiger partial charge in [-0.1, -0.05) is 0 Å². The zero-order chi connectivity index (χ0) is 20.4. The van der Waals surface area contributed by atoms with E-state index in [-0.39, 0.29) is 12.0 Å². The van der Waals surface area contributed by atoms with Gasteiger partial charge in [0.15, 0.2) is 0 Å². The summed E-state index contributed by atoms with van der Waals surface area (Å²) in [7, 11) is 2.17. The fraction of sp³-hybridized carbons (Fsp3) is 0.455. The Balaban J connectivity index is 1.54. The number of benzene rings is 1. The summed E-state index contributed by atoms with van der Waals surface area (Å²) in [6.07, 6.45) is 7.65. The maximum Gasteiger partial charge on any atom is 0.123 e. The van der Waals surface area contributed by atoms with E-state index in [2.05, 4.69) is 45.9 Å². The first-order valence-corrected chi connectivity index (χ1v) is 10.2. The number of carbonyl (C=O) groups excluding carboxylic acids is 1. The lowest BCUT2D eigenvalue weighted by molar-refractivity contribution is -0.113. The molecule has 0 unspecified atom stereocenters. The zero-order valence-corrected chi connectivity index (χ0v) is 17.0. The maximum atomic E-state index is 10.7. The Morgan fingerprint density at radius 1 is 1.28 bits per heavy atom. The van der Waals surface area contributed by atoms with E-state index in [0.717, 1.165) is 55.4 Å². The largest absolute Gasteiger partial charge is 0.404 e. The van der Waals surface area contributed by atoms with Crippen molar-refractivity contribution in [3.05, 3.63) is 36.3 Å². The van der Waals surface area contributed by atoms with E-state index >= 15 is 0 Å². The molecule has 1 atom stereocenters. The molecule has 1 aliphatic heterocycles. The number of nitrogens with two attached hydrogens (primary N) is 1. The molecule has 7 nitrogen and oxygen atoms in total. The van der Waals surface area contributed by atoms with Gasteiger partial charge in [0, 0.05) is 55.3 Å². The Labute approximate surface area is 171 Å². The zero-order valence-electron chi connectivity index (χ0n) is 17.0. The summed E-state index contributed by atoms with van der Waals surface area (Å²) in [6.45, 7) is 5.30. The van der Waals surface area contributed by atoms with E-state index in [4.69, 9.17) is 10.7 Å². The second-order valence-corrected chi connectivity index (χ2v) is 8.13. The molecule has 1 saturated carbocycles. The van der Waals surface area contributed by atoms with Crippen LogP contribution in [0.4, 0.5) is 5.69 Å². The first-order valence-electron chi connectivity index (χ1n) is 10.2. The van der Waals surface area contributed by atoms with Crippen LogP contribution in [0.15, 0.2) is 35.6 Å². The predicted molar refractivity (Wildman–Crippen MR) is 117 cm³/mol. The van der Waals surface area contributed by atoms with Gasteiger partial charge < -0.3 is 20.3 Å². The van der Waals surface area contributed by atoms with E-state index in [9.17, 15) is 4.79 Å². The van der Waals surface area contributed by atoms with Crippen LogP contribution in [0.25, 0.3) is 16.6 Å². The molecular weight excluding hydrogens is 364 g/mol. The predicted octanol–water partition coefficient (Wildman–Crippen LogP) is 2.12. The quantitative estimate of drug-likeness (QED) is 0.619. The summed E-state index contributed by atoms with van der Waals surface area (Å²) < 4.78 is 0. The number of fused-ring (bicyclic) bond motifs is 1. The highest BCUT2D eigenvalue weighted by molar-refractivity contribution is 6.09. The van der Waals surface area contributed by atoms with Crippen LogP contribution < -0.4 is 10.6 Å². The molecule has 2 heterocycles.